The van der Waals surface area contributed by atoms with Gasteiger partial charge in [0.25, 0.3) is 0 Å². The zero-order valence-corrected chi connectivity index (χ0v) is 9.65. The van der Waals surface area contributed by atoms with E-state index in [9.17, 15) is 9.59 Å². The average molecular weight is 239 g/mol. The maximum atomic E-state index is 11.3. The molecule has 17 heavy (non-hydrogen) atoms. The molecule has 0 radical (unpaired) electrons. The Hall–Kier alpha value is -1.78. The van der Waals surface area contributed by atoms with E-state index in [0.29, 0.717) is 13.0 Å². The van der Waals surface area contributed by atoms with Crippen LogP contribution in [0, 0.1) is 0 Å². The first-order valence-corrected chi connectivity index (χ1v) is 5.69. The third-order valence-corrected chi connectivity index (χ3v) is 2.30. The maximum Gasteiger partial charge on any atom is 0.303 e. The zero-order valence-electron chi connectivity index (χ0n) is 9.65. The lowest BCUT2D eigenvalue weighted by molar-refractivity contribution is -0.137. The van der Waals surface area contributed by atoms with E-state index in [-0.39, 0.29) is 18.7 Å². The Balaban J connectivity index is 1.98. The second-order valence-corrected chi connectivity index (χ2v) is 3.78. The molecular weight excluding hydrogens is 222 g/mol. The van der Waals surface area contributed by atoms with E-state index < -0.39 is 5.97 Å². The molecule has 0 aliphatic rings. The number of carbonyl (C=O) groups excluding carboxylic acids is 1. The number of aryl methyl sites for hydroxylation is 1. The molecule has 1 rings (SSSR count). The molecule has 0 aromatic carbocycles. The predicted octanol–water partition coefficient (Wildman–Crippen LogP) is 1.58. The number of rotatable bonds is 8. The topological polar surface area (TPSA) is 79.5 Å². The molecule has 0 saturated heterocycles. The fourth-order valence-electron chi connectivity index (χ4n) is 1.43. The number of nitrogens with one attached hydrogen (secondary N) is 1. The Morgan fingerprint density at radius 3 is 2.76 bits per heavy atom. The summed E-state index contributed by atoms with van der Waals surface area (Å²) in [4.78, 5) is 21.5. The van der Waals surface area contributed by atoms with Crippen molar-refractivity contribution in [2.75, 3.05) is 6.54 Å². The van der Waals surface area contributed by atoms with Gasteiger partial charge >= 0.3 is 5.97 Å². The number of carbonyl (C=O) groups is 2. The molecule has 5 nitrogen and oxygen atoms in total. The van der Waals surface area contributed by atoms with Gasteiger partial charge in [-0.15, -0.1) is 0 Å². The predicted molar refractivity (Wildman–Crippen MR) is 61.5 cm³/mol. The van der Waals surface area contributed by atoms with Crippen LogP contribution in [-0.2, 0) is 16.0 Å². The number of carboxylic acids is 1. The molecule has 0 fully saturated rings. The lowest BCUT2D eigenvalue weighted by Crippen LogP contribution is -2.24. The van der Waals surface area contributed by atoms with Crippen molar-refractivity contribution in [3.05, 3.63) is 24.2 Å². The number of hydrogen-bond donors (Lipinski definition) is 2. The molecule has 0 aliphatic carbocycles. The molecular formula is C12H17NO4. The van der Waals surface area contributed by atoms with Crippen LogP contribution in [0.5, 0.6) is 0 Å². The van der Waals surface area contributed by atoms with Crippen molar-refractivity contribution in [3.8, 4) is 0 Å². The molecule has 0 atom stereocenters. The van der Waals surface area contributed by atoms with Crippen molar-refractivity contribution >= 4 is 11.9 Å². The minimum atomic E-state index is -0.865. The van der Waals surface area contributed by atoms with Crippen LogP contribution in [0.1, 0.15) is 31.4 Å². The van der Waals surface area contributed by atoms with E-state index in [4.69, 9.17) is 9.52 Å². The summed E-state index contributed by atoms with van der Waals surface area (Å²) in [6.45, 7) is 0.590. The SMILES string of the molecule is O=C(O)CCCC(=O)NCCCc1ccco1. The van der Waals surface area contributed by atoms with E-state index in [2.05, 4.69) is 5.32 Å². The van der Waals surface area contributed by atoms with Crippen LogP contribution in [0.15, 0.2) is 22.8 Å². The Morgan fingerprint density at radius 2 is 2.12 bits per heavy atom. The van der Waals surface area contributed by atoms with Gasteiger partial charge in [-0.2, -0.15) is 0 Å². The number of amides is 1. The lowest BCUT2D eigenvalue weighted by Gasteiger charge is -2.03. The molecule has 0 unspecified atom stereocenters. The van der Waals surface area contributed by atoms with Crippen LogP contribution in [0.2, 0.25) is 0 Å². The molecule has 0 spiro atoms. The van der Waals surface area contributed by atoms with Crippen LogP contribution in [0.4, 0.5) is 0 Å². The summed E-state index contributed by atoms with van der Waals surface area (Å²) in [6.07, 6.45) is 3.94. The summed E-state index contributed by atoms with van der Waals surface area (Å²) in [6, 6.07) is 3.73. The number of aliphatic carboxylic acids is 1. The van der Waals surface area contributed by atoms with E-state index in [0.717, 1.165) is 18.6 Å². The van der Waals surface area contributed by atoms with Gasteiger partial charge in [0.1, 0.15) is 5.76 Å². The van der Waals surface area contributed by atoms with E-state index in [1.165, 1.54) is 0 Å². The van der Waals surface area contributed by atoms with Gasteiger partial charge in [-0.25, -0.2) is 0 Å². The minimum Gasteiger partial charge on any atom is -0.481 e. The molecule has 0 aliphatic heterocycles. The van der Waals surface area contributed by atoms with Crippen LogP contribution < -0.4 is 5.32 Å². The van der Waals surface area contributed by atoms with E-state index in [1.807, 2.05) is 12.1 Å². The van der Waals surface area contributed by atoms with Gasteiger partial charge in [-0.05, 0) is 25.0 Å². The molecule has 0 bridgehead atoms. The normalized spacial score (nSPS) is 10.1. The second kappa shape index (κ2) is 7.49. The van der Waals surface area contributed by atoms with E-state index in [1.54, 1.807) is 6.26 Å². The fraction of sp³-hybridized carbons (Fsp3) is 0.500. The van der Waals surface area contributed by atoms with Gasteiger partial charge in [-0.3, -0.25) is 9.59 Å². The van der Waals surface area contributed by atoms with Crippen molar-refractivity contribution < 1.29 is 19.1 Å². The Kier molecular flexibility index (Phi) is 5.85. The van der Waals surface area contributed by atoms with Gasteiger partial charge < -0.3 is 14.8 Å². The molecule has 1 aromatic heterocycles. The van der Waals surface area contributed by atoms with Gasteiger partial charge in [-0.1, -0.05) is 0 Å². The van der Waals surface area contributed by atoms with Crippen LogP contribution >= 0.6 is 0 Å². The first-order chi connectivity index (χ1) is 8.18. The van der Waals surface area contributed by atoms with Gasteiger partial charge in [0.2, 0.25) is 5.91 Å². The number of hydrogen-bond acceptors (Lipinski definition) is 3. The highest BCUT2D eigenvalue weighted by atomic mass is 16.4. The molecule has 94 valence electrons. The minimum absolute atomic E-state index is 0.0415. The summed E-state index contributed by atoms with van der Waals surface area (Å²) in [5, 5.41) is 11.1. The highest BCUT2D eigenvalue weighted by molar-refractivity contribution is 5.76. The zero-order chi connectivity index (χ0) is 12.5. The smallest absolute Gasteiger partial charge is 0.303 e. The van der Waals surface area contributed by atoms with Crippen molar-refractivity contribution in [3.63, 3.8) is 0 Å². The van der Waals surface area contributed by atoms with Crippen LogP contribution in [0.3, 0.4) is 0 Å². The van der Waals surface area contributed by atoms with Crippen molar-refractivity contribution in [1.82, 2.24) is 5.32 Å². The molecule has 2 N–H and O–H groups in total. The first kappa shape index (κ1) is 13.3. The van der Waals surface area contributed by atoms with Gasteiger partial charge in [0.15, 0.2) is 0 Å². The quantitative estimate of drug-likeness (QED) is 0.675. The van der Waals surface area contributed by atoms with Crippen molar-refractivity contribution in [2.24, 2.45) is 0 Å². The monoisotopic (exact) mass is 239 g/mol. The highest BCUT2D eigenvalue weighted by Gasteiger charge is 2.03. The van der Waals surface area contributed by atoms with Crippen LogP contribution in [-0.4, -0.2) is 23.5 Å². The number of carboxylic acid groups (broad SMARTS) is 1. The summed E-state index contributed by atoms with van der Waals surface area (Å²) >= 11 is 0. The first-order valence-electron chi connectivity index (χ1n) is 5.69. The van der Waals surface area contributed by atoms with E-state index >= 15 is 0 Å². The largest absolute Gasteiger partial charge is 0.481 e. The molecule has 1 aromatic rings. The van der Waals surface area contributed by atoms with Crippen molar-refractivity contribution in [1.29, 1.82) is 0 Å². The Bertz CT molecular complexity index is 345. The molecule has 5 heteroatoms. The Morgan fingerprint density at radius 1 is 1.29 bits per heavy atom. The highest BCUT2D eigenvalue weighted by Crippen LogP contribution is 2.02. The Labute approximate surface area is 99.8 Å². The summed E-state index contributed by atoms with van der Waals surface area (Å²) in [5.41, 5.74) is 0. The fourth-order valence-corrected chi connectivity index (χ4v) is 1.43. The number of furan rings is 1. The molecule has 0 saturated carbocycles. The standard InChI is InChI=1S/C12H17NO4/c14-11(6-1-7-12(15)16)13-8-2-4-10-5-3-9-17-10/h3,5,9H,1-2,4,6-8H2,(H,13,14)(H,15,16). The van der Waals surface area contributed by atoms with Crippen molar-refractivity contribution in [2.45, 2.75) is 32.1 Å². The molecule has 1 heterocycles. The second-order valence-electron chi connectivity index (χ2n) is 3.78. The average Bonchev–Trinajstić information content (AvgIpc) is 2.76. The van der Waals surface area contributed by atoms with Gasteiger partial charge in [0.05, 0.1) is 6.26 Å². The maximum absolute atomic E-state index is 11.3. The molecule has 1 amide bonds. The summed E-state index contributed by atoms with van der Waals surface area (Å²) in [7, 11) is 0. The lowest BCUT2D eigenvalue weighted by atomic mass is 10.2. The van der Waals surface area contributed by atoms with Crippen LogP contribution in [0.25, 0.3) is 0 Å². The third-order valence-electron chi connectivity index (χ3n) is 2.30. The summed E-state index contributed by atoms with van der Waals surface area (Å²) < 4.78 is 5.15. The summed E-state index contributed by atoms with van der Waals surface area (Å²) in [5.74, 6) is -0.0496. The third kappa shape index (κ3) is 6.40. The van der Waals surface area contributed by atoms with Gasteiger partial charge in [0, 0.05) is 25.8 Å².